The molecule has 0 bridgehead atoms. The molecule has 0 spiro atoms. The van der Waals surface area contributed by atoms with Crippen LogP contribution in [0.3, 0.4) is 0 Å². The quantitative estimate of drug-likeness (QED) is 0.185. The number of aromatic amines is 1. The SMILES string of the molecule is COc1cc(OC)cc(-c2nc(S/C(=C\c3ccc(-c4ccc(C(C)=O)cc4)o3)C(=O)O)n[nH]2)c1. The van der Waals surface area contributed by atoms with Gasteiger partial charge in [-0.05, 0) is 43.0 Å². The lowest BCUT2D eigenvalue weighted by molar-refractivity contribution is -0.131. The molecule has 2 aromatic heterocycles. The maximum atomic E-state index is 11.9. The summed E-state index contributed by atoms with van der Waals surface area (Å²) in [5, 5.41) is 16.9. The number of aliphatic carboxylic acids is 1. The minimum absolute atomic E-state index is 0.0217. The van der Waals surface area contributed by atoms with Crippen molar-refractivity contribution >= 4 is 29.6 Å². The summed E-state index contributed by atoms with van der Waals surface area (Å²) in [5.41, 5.74) is 2.04. The fourth-order valence-electron chi connectivity index (χ4n) is 3.18. The molecular weight excluding hydrogens is 470 g/mol. The average molecular weight is 492 g/mol. The third-order valence-corrected chi connectivity index (χ3v) is 5.86. The molecule has 9 nitrogen and oxygen atoms in total. The number of thioether (sulfide) groups is 1. The van der Waals surface area contributed by atoms with Crippen LogP contribution in [0.1, 0.15) is 23.0 Å². The van der Waals surface area contributed by atoms with Gasteiger partial charge in [-0.3, -0.25) is 9.89 Å². The van der Waals surface area contributed by atoms with Crippen molar-refractivity contribution in [2.75, 3.05) is 14.2 Å². The highest BCUT2D eigenvalue weighted by Crippen LogP contribution is 2.32. The van der Waals surface area contributed by atoms with Crippen LogP contribution in [0.4, 0.5) is 0 Å². The number of carboxylic acid groups (broad SMARTS) is 1. The molecule has 0 radical (unpaired) electrons. The molecule has 2 N–H and O–H groups in total. The van der Waals surface area contributed by atoms with E-state index in [1.54, 1.807) is 68.8 Å². The third kappa shape index (κ3) is 5.61. The molecule has 2 aromatic carbocycles. The van der Waals surface area contributed by atoms with Gasteiger partial charge in [0.25, 0.3) is 0 Å². The Morgan fingerprint density at radius 2 is 1.69 bits per heavy atom. The number of carboxylic acids is 1. The van der Waals surface area contributed by atoms with Crippen LogP contribution in [0.2, 0.25) is 0 Å². The Morgan fingerprint density at radius 3 is 2.29 bits per heavy atom. The van der Waals surface area contributed by atoms with Crippen molar-refractivity contribution in [2.24, 2.45) is 0 Å². The zero-order chi connectivity index (χ0) is 24.9. The fourth-order valence-corrected chi connectivity index (χ4v) is 3.87. The van der Waals surface area contributed by atoms with E-state index in [0.29, 0.717) is 40.0 Å². The van der Waals surface area contributed by atoms with Crippen LogP contribution < -0.4 is 9.47 Å². The van der Waals surface area contributed by atoms with Crippen molar-refractivity contribution in [3.05, 3.63) is 70.8 Å². The van der Waals surface area contributed by atoms with E-state index in [4.69, 9.17) is 13.9 Å². The highest BCUT2D eigenvalue weighted by molar-refractivity contribution is 8.04. The first-order valence-corrected chi connectivity index (χ1v) is 11.2. The highest BCUT2D eigenvalue weighted by Gasteiger charge is 2.16. The summed E-state index contributed by atoms with van der Waals surface area (Å²) >= 11 is 0.885. The lowest BCUT2D eigenvalue weighted by Gasteiger charge is -2.06. The minimum atomic E-state index is -1.15. The molecule has 0 saturated heterocycles. The predicted molar refractivity (Wildman–Crippen MR) is 131 cm³/mol. The lowest BCUT2D eigenvalue weighted by atomic mass is 10.1. The Bertz CT molecular complexity index is 1380. The molecular formula is C25H21N3O6S. The lowest BCUT2D eigenvalue weighted by Crippen LogP contribution is -1.97. The number of ether oxygens (including phenoxy) is 2. The summed E-state index contributed by atoms with van der Waals surface area (Å²) in [6.07, 6.45) is 1.41. The van der Waals surface area contributed by atoms with Crippen LogP contribution in [0.25, 0.3) is 28.8 Å². The van der Waals surface area contributed by atoms with E-state index < -0.39 is 5.97 Å². The number of ketones is 1. The first kappa shape index (κ1) is 23.8. The van der Waals surface area contributed by atoms with Gasteiger partial charge in [-0.2, -0.15) is 0 Å². The van der Waals surface area contributed by atoms with Gasteiger partial charge in [0, 0.05) is 28.8 Å². The van der Waals surface area contributed by atoms with Crippen molar-refractivity contribution in [2.45, 2.75) is 12.1 Å². The first-order valence-electron chi connectivity index (χ1n) is 10.4. The molecule has 4 aromatic rings. The number of methoxy groups -OCH3 is 2. The molecule has 0 saturated carbocycles. The Kier molecular flexibility index (Phi) is 7.02. The predicted octanol–water partition coefficient (Wildman–Crippen LogP) is 5.17. The molecule has 0 aliphatic heterocycles. The van der Waals surface area contributed by atoms with Crippen LogP contribution in [0.15, 0.2) is 69.1 Å². The fraction of sp³-hybridized carbons (Fsp3) is 0.120. The van der Waals surface area contributed by atoms with Crippen molar-refractivity contribution < 1.29 is 28.6 Å². The number of aromatic nitrogens is 3. The summed E-state index contributed by atoms with van der Waals surface area (Å²) < 4.78 is 16.4. The molecule has 0 fully saturated rings. The number of carbonyl (C=O) groups is 2. The number of hydrogen-bond donors (Lipinski definition) is 2. The van der Waals surface area contributed by atoms with Gasteiger partial charge in [0.05, 0.1) is 14.2 Å². The number of nitrogens with zero attached hydrogens (tertiary/aromatic N) is 2. The minimum Gasteiger partial charge on any atom is -0.497 e. The molecule has 0 aliphatic rings. The molecule has 0 amide bonds. The van der Waals surface area contributed by atoms with Gasteiger partial charge in [0.15, 0.2) is 11.6 Å². The molecule has 178 valence electrons. The highest BCUT2D eigenvalue weighted by atomic mass is 32.2. The smallest absolute Gasteiger partial charge is 0.342 e. The number of rotatable bonds is 9. The van der Waals surface area contributed by atoms with E-state index in [-0.39, 0.29) is 15.8 Å². The molecule has 0 atom stereocenters. The molecule has 2 heterocycles. The second-order valence-electron chi connectivity index (χ2n) is 7.32. The Labute approximate surface area is 204 Å². The van der Waals surface area contributed by atoms with Crippen molar-refractivity contribution in [1.82, 2.24) is 15.2 Å². The van der Waals surface area contributed by atoms with Gasteiger partial charge in [-0.25, -0.2) is 9.78 Å². The summed E-state index contributed by atoms with van der Waals surface area (Å²) in [6, 6.07) is 15.6. The molecule has 10 heteroatoms. The van der Waals surface area contributed by atoms with E-state index in [9.17, 15) is 14.7 Å². The summed E-state index contributed by atoms with van der Waals surface area (Å²) in [7, 11) is 3.09. The molecule has 4 rings (SSSR count). The summed E-state index contributed by atoms with van der Waals surface area (Å²) in [4.78, 5) is 27.7. The van der Waals surface area contributed by atoms with Crippen molar-refractivity contribution in [1.29, 1.82) is 0 Å². The van der Waals surface area contributed by atoms with Crippen LogP contribution in [0.5, 0.6) is 11.5 Å². The Morgan fingerprint density at radius 1 is 1.00 bits per heavy atom. The summed E-state index contributed by atoms with van der Waals surface area (Å²) in [6.45, 7) is 1.50. The van der Waals surface area contributed by atoms with Gasteiger partial charge in [-0.1, -0.05) is 24.3 Å². The topological polar surface area (TPSA) is 128 Å². The van der Waals surface area contributed by atoms with Crippen LogP contribution in [0, 0.1) is 0 Å². The van der Waals surface area contributed by atoms with Crippen molar-refractivity contribution in [3.63, 3.8) is 0 Å². The maximum absolute atomic E-state index is 11.9. The third-order valence-electron chi connectivity index (χ3n) is 4.98. The second-order valence-corrected chi connectivity index (χ2v) is 8.33. The number of Topliss-reactive ketones (excluding diaryl/α,β-unsaturated/α-hetero) is 1. The van der Waals surface area contributed by atoms with Gasteiger partial charge in [0.2, 0.25) is 5.16 Å². The van der Waals surface area contributed by atoms with Crippen LogP contribution >= 0.6 is 11.8 Å². The molecule has 0 aliphatic carbocycles. The van der Waals surface area contributed by atoms with E-state index in [0.717, 1.165) is 17.3 Å². The number of furan rings is 1. The van der Waals surface area contributed by atoms with E-state index >= 15 is 0 Å². The van der Waals surface area contributed by atoms with Gasteiger partial charge < -0.3 is 19.0 Å². The van der Waals surface area contributed by atoms with E-state index in [1.165, 1.54) is 13.0 Å². The number of benzene rings is 2. The van der Waals surface area contributed by atoms with E-state index in [1.807, 2.05) is 0 Å². The standard InChI is InChI=1S/C25H21N3O6S/c1-14(29)15-4-6-16(7-5-15)21-9-8-18(34-21)13-22(24(30)31)35-25-26-23(27-28-25)17-10-19(32-2)12-20(11-17)33-3/h4-13H,1-3H3,(H,30,31)(H,26,27,28)/b22-13-. The van der Waals surface area contributed by atoms with E-state index in [2.05, 4.69) is 15.2 Å². The largest absolute Gasteiger partial charge is 0.497 e. The maximum Gasteiger partial charge on any atom is 0.342 e. The Balaban J connectivity index is 1.55. The Hall–Kier alpha value is -4.31. The average Bonchev–Trinajstić information content (AvgIpc) is 3.53. The number of hydrogen-bond acceptors (Lipinski definition) is 8. The zero-order valence-corrected chi connectivity index (χ0v) is 19.9. The number of carbonyl (C=O) groups excluding carboxylic acids is 1. The summed E-state index contributed by atoms with van der Waals surface area (Å²) in [5.74, 6) is 1.34. The van der Waals surface area contributed by atoms with Crippen LogP contribution in [-0.2, 0) is 4.79 Å². The number of H-pyrrole nitrogens is 1. The van der Waals surface area contributed by atoms with Gasteiger partial charge >= 0.3 is 5.97 Å². The van der Waals surface area contributed by atoms with Gasteiger partial charge in [-0.15, -0.1) is 5.10 Å². The second kappa shape index (κ2) is 10.3. The number of nitrogens with one attached hydrogen (secondary N) is 1. The monoisotopic (exact) mass is 491 g/mol. The zero-order valence-electron chi connectivity index (χ0n) is 19.1. The molecule has 0 unspecified atom stereocenters. The first-order chi connectivity index (χ1) is 16.9. The van der Waals surface area contributed by atoms with Crippen molar-refractivity contribution in [3.8, 4) is 34.2 Å². The molecule has 35 heavy (non-hydrogen) atoms. The van der Waals surface area contributed by atoms with Gasteiger partial charge in [0.1, 0.15) is 27.9 Å². The van der Waals surface area contributed by atoms with Crippen LogP contribution in [-0.4, -0.2) is 46.3 Å². The normalized spacial score (nSPS) is 11.3.